The Bertz CT molecular complexity index is 1280. The van der Waals surface area contributed by atoms with E-state index in [-0.39, 0.29) is 11.5 Å². The number of ether oxygens (including phenoxy) is 1. The van der Waals surface area contributed by atoms with Gasteiger partial charge in [-0.1, -0.05) is 130 Å². The third kappa shape index (κ3) is 9.79. The third-order valence-corrected chi connectivity index (χ3v) is 10.7. The number of aryl methyl sites for hydroxylation is 1. The molecule has 0 aromatic heterocycles. The van der Waals surface area contributed by atoms with E-state index in [0.29, 0.717) is 23.7 Å². The molecule has 1 heterocycles. The SMILES string of the molecule is CCCCC[C@]1(C2CCCCC2c2ccc(CC(C(=O)N(C)CCC3=CCC=CC=C3)C3CC3)cc2)CO1.Cc1ccccc1. The number of carbonyl (C=O) groups is 1. The van der Waals surface area contributed by atoms with Crippen LogP contribution in [0.25, 0.3) is 0 Å². The maximum Gasteiger partial charge on any atom is 0.226 e. The molecule has 2 aromatic rings. The van der Waals surface area contributed by atoms with E-state index >= 15 is 0 Å². The lowest BCUT2D eigenvalue weighted by molar-refractivity contribution is -0.134. The lowest BCUT2D eigenvalue weighted by atomic mass is 9.68. The Kier molecular flexibility index (Phi) is 12.3. The predicted octanol–water partition coefficient (Wildman–Crippen LogP) is 10.2. The molecule has 3 fully saturated rings. The minimum Gasteiger partial charge on any atom is -0.369 e. The number of benzene rings is 2. The second-order valence-corrected chi connectivity index (χ2v) is 14.2. The highest BCUT2D eigenvalue weighted by atomic mass is 16.6. The van der Waals surface area contributed by atoms with Gasteiger partial charge < -0.3 is 9.64 Å². The lowest BCUT2D eigenvalue weighted by Crippen LogP contribution is -2.36. The van der Waals surface area contributed by atoms with E-state index in [4.69, 9.17) is 4.74 Å². The fourth-order valence-corrected chi connectivity index (χ4v) is 7.61. The van der Waals surface area contributed by atoms with Crippen LogP contribution in [0.2, 0.25) is 0 Å². The van der Waals surface area contributed by atoms with E-state index in [1.807, 2.05) is 30.1 Å². The zero-order chi connectivity index (χ0) is 31.5. The largest absolute Gasteiger partial charge is 0.369 e. The van der Waals surface area contributed by atoms with Crippen LogP contribution >= 0.6 is 0 Å². The third-order valence-electron chi connectivity index (χ3n) is 10.7. The van der Waals surface area contributed by atoms with Crippen LogP contribution in [0.1, 0.15) is 107 Å². The molecule has 3 nitrogen and oxygen atoms in total. The first kappa shape index (κ1) is 33.5. The minimum absolute atomic E-state index is 0.121. The Balaban J connectivity index is 0.000000505. The molecule has 242 valence electrons. The summed E-state index contributed by atoms with van der Waals surface area (Å²) in [5.41, 5.74) is 5.63. The number of rotatable bonds is 13. The van der Waals surface area contributed by atoms with Crippen molar-refractivity contribution in [1.82, 2.24) is 4.90 Å². The van der Waals surface area contributed by atoms with Crippen molar-refractivity contribution in [3.8, 4) is 0 Å². The van der Waals surface area contributed by atoms with Crippen molar-refractivity contribution in [1.29, 1.82) is 0 Å². The molecule has 0 radical (unpaired) electrons. The normalized spacial score (nSPS) is 24.6. The molecule has 0 bridgehead atoms. The van der Waals surface area contributed by atoms with E-state index < -0.39 is 0 Å². The second kappa shape index (κ2) is 16.6. The monoisotopic (exact) mass is 607 g/mol. The van der Waals surface area contributed by atoms with Crippen molar-refractivity contribution in [2.75, 3.05) is 20.2 Å². The smallest absolute Gasteiger partial charge is 0.226 e. The fraction of sp³-hybridized carbons (Fsp3) is 0.548. The maximum atomic E-state index is 13.5. The summed E-state index contributed by atoms with van der Waals surface area (Å²) >= 11 is 0. The number of amides is 1. The molecule has 1 aliphatic heterocycles. The fourth-order valence-electron chi connectivity index (χ4n) is 7.61. The van der Waals surface area contributed by atoms with Gasteiger partial charge in [0.25, 0.3) is 0 Å². The van der Waals surface area contributed by atoms with Gasteiger partial charge in [0.05, 0.1) is 12.2 Å². The Morgan fingerprint density at radius 3 is 2.40 bits per heavy atom. The van der Waals surface area contributed by atoms with Gasteiger partial charge in [-0.3, -0.25) is 4.79 Å². The highest BCUT2D eigenvalue weighted by molar-refractivity contribution is 5.79. The maximum absolute atomic E-state index is 13.5. The van der Waals surface area contributed by atoms with E-state index in [2.05, 4.69) is 80.6 Å². The van der Waals surface area contributed by atoms with Crippen molar-refractivity contribution in [2.45, 2.75) is 109 Å². The summed E-state index contributed by atoms with van der Waals surface area (Å²) in [5.74, 6) is 2.30. The van der Waals surface area contributed by atoms with E-state index in [1.165, 1.54) is 86.5 Å². The molecule has 0 N–H and O–H groups in total. The summed E-state index contributed by atoms with van der Waals surface area (Å²) in [6.07, 6.45) is 26.4. The van der Waals surface area contributed by atoms with Gasteiger partial charge in [0.15, 0.2) is 0 Å². The zero-order valence-corrected chi connectivity index (χ0v) is 28.3. The van der Waals surface area contributed by atoms with E-state index in [0.717, 1.165) is 32.4 Å². The van der Waals surface area contributed by atoms with Gasteiger partial charge in [-0.15, -0.1) is 0 Å². The number of hydrogen-bond acceptors (Lipinski definition) is 2. The average Bonchev–Trinajstić information content (AvgIpc) is 3.99. The molecule has 2 saturated carbocycles. The van der Waals surface area contributed by atoms with E-state index in [9.17, 15) is 4.79 Å². The lowest BCUT2D eigenvalue weighted by Gasteiger charge is -2.36. The number of epoxide rings is 1. The zero-order valence-electron chi connectivity index (χ0n) is 28.3. The molecule has 2 aromatic carbocycles. The van der Waals surface area contributed by atoms with Gasteiger partial charge in [0, 0.05) is 19.5 Å². The van der Waals surface area contributed by atoms with Crippen LogP contribution in [0.3, 0.4) is 0 Å². The van der Waals surface area contributed by atoms with Crippen LogP contribution in [-0.4, -0.2) is 36.6 Å². The highest BCUT2D eigenvalue weighted by Crippen LogP contribution is 2.52. The molecule has 0 spiro atoms. The van der Waals surface area contributed by atoms with Gasteiger partial charge >= 0.3 is 0 Å². The molecule has 1 saturated heterocycles. The number of hydrogen-bond donors (Lipinski definition) is 0. The summed E-state index contributed by atoms with van der Waals surface area (Å²) in [7, 11) is 2.00. The van der Waals surface area contributed by atoms with Gasteiger partial charge in [0.1, 0.15) is 0 Å². The van der Waals surface area contributed by atoms with Crippen molar-refractivity contribution < 1.29 is 9.53 Å². The van der Waals surface area contributed by atoms with E-state index in [1.54, 1.807) is 0 Å². The Morgan fingerprint density at radius 2 is 1.73 bits per heavy atom. The molecule has 1 amide bonds. The second-order valence-electron chi connectivity index (χ2n) is 14.2. The number of unbranched alkanes of at least 4 members (excludes halogenated alkanes) is 2. The van der Waals surface area contributed by atoms with Crippen molar-refractivity contribution in [3.63, 3.8) is 0 Å². The predicted molar refractivity (Wildman–Crippen MR) is 188 cm³/mol. The molecule has 3 aliphatic carbocycles. The molecule has 3 heteroatoms. The Hall–Kier alpha value is -2.91. The molecule has 3 unspecified atom stereocenters. The molecule has 4 aliphatic rings. The molecule has 6 rings (SSSR count). The van der Waals surface area contributed by atoms with Crippen LogP contribution in [0.4, 0.5) is 0 Å². The first-order valence-corrected chi connectivity index (χ1v) is 18.0. The highest BCUT2D eigenvalue weighted by Gasteiger charge is 2.53. The van der Waals surface area contributed by atoms with Crippen molar-refractivity contribution in [2.24, 2.45) is 17.8 Å². The van der Waals surface area contributed by atoms with Crippen LogP contribution < -0.4 is 0 Å². The Labute approximate surface area is 273 Å². The molecule has 45 heavy (non-hydrogen) atoms. The molecular formula is C42H57NO2. The summed E-state index contributed by atoms with van der Waals surface area (Å²) in [5, 5.41) is 0. The van der Waals surface area contributed by atoms with Gasteiger partial charge in [-0.25, -0.2) is 0 Å². The van der Waals surface area contributed by atoms with Crippen LogP contribution in [0.15, 0.2) is 90.6 Å². The quantitative estimate of drug-likeness (QED) is 0.168. The first-order valence-electron chi connectivity index (χ1n) is 18.0. The summed E-state index contributed by atoms with van der Waals surface area (Å²) in [6.45, 7) is 6.14. The number of carbonyl (C=O) groups excluding carboxylic acids is 1. The molecule has 4 atom stereocenters. The van der Waals surface area contributed by atoms with Gasteiger partial charge in [0.2, 0.25) is 5.91 Å². The van der Waals surface area contributed by atoms with Gasteiger partial charge in [-0.2, -0.15) is 0 Å². The topological polar surface area (TPSA) is 32.8 Å². The first-order chi connectivity index (χ1) is 22.0. The molecular weight excluding hydrogens is 550 g/mol. The summed E-state index contributed by atoms with van der Waals surface area (Å²) in [6, 6.07) is 19.7. The summed E-state index contributed by atoms with van der Waals surface area (Å²) in [4.78, 5) is 15.5. The standard InChI is InChI=1S/C35H49NO2.C7H8/c1-3-4-11-23-35(26-38-35)33-15-10-9-14-31(33)29-18-16-28(17-19-29)25-32(30-20-21-30)34(37)36(2)24-22-27-12-7-5-6-8-13-27;1-7-5-3-2-4-6-7/h5-7,12-13,16-19,30-33H,3-4,8-11,14-15,20-26H2,1-2H3;2-6H,1H3/t31?,32?,33?,35-;/m1./s1. The van der Waals surface area contributed by atoms with Crippen LogP contribution in [0.5, 0.6) is 0 Å². The van der Waals surface area contributed by atoms with Crippen LogP contribution in [-0.2, 0) is 16.0 Å². The number of nitrogens with zero attached hydrogens (tertiary/aromatic N) is 1. The number of allylic oxidation sites excluding steroid dienone is 5. The van der Waals surface area contributed by atoms with Crippen LogP contribution in [0, 0.1) is 24.7 Å². The van der Waals surface area contributed by atoms with Crippen molar-refractivity contribution >= 4 is 5.91 Å². The Morgan fingerprint density at radius 1 is 0.978 bits per heavy atom. The average molecular weight is 608 g/mol. The minimum atomic E-state index is 0.121. The summed E-state index contributed by atoms with van der Waals surface area (Å²) < 4.78 is 6.20. The van der Waals surface area contributed by atoms with Crippen molar-refractivity contribution in [3.05, 3.63) is 107 Å². The van der Waals surface area contributed by atoms with Gasteiger partial charge in [-0.05, 0) is 92.7 Å².